The first kappa shape index (κ1) is 17.5. The van der Waals surface area contributed by atoms with Gasteiger partial charge >= 0.3 is 5.97 Å². The smallest absolute Gasteiger partial charge is 0.321 e. The summed E-state index contributed by atoms with van der Waals surface area (Å²) in [6, 6.07) is 14.5. The summed E-state index contributed by atoms with van der Waals surface area (Å²) < 4.78 is 6.07. The maximum atomic E-state index is 11.6. The molecule has 1 unspecified atom stereocenters. The second kappa shape index (κ2) is 8.13. The molecule has 2 atom stereocenters. The highest BCUT2D eigenvalue weighted by Crippen LogP contribution is 2.28. The van der Waals surface area contributed by atoms with Crippen LogP contribution < -0.4 is 10.1 Å². The third kappa shape index (κ3) is 4.81. The first-order valence-corrected chi connectivity index (χ1v) is 8.16. The van der Waals surface area contributed by atoms with Crippen molar-refractivity contribution >= 4 is 21.9 Å². The quantitative estimate of drug-likeness (QED) is 0.770. The van der Waals surface area contributed by atoms with E-state index < -0.39 is 12.0 Å². The summed E-state index contributed by atoms with van der Waals surface area (Å²) in [5, 5.41) is 12.7. The lowest BCUT2D eigenvalue weighted by Crippen LogP contribution is -2.40. The van der Waals surface area contributed by atoms with Gasteiger partial charge in [0.15, 0.2) is 0 Å². The van der Waals surface area contributed by atoms with Crippen LogP contribution in [0.5, 0.6) is 5.75 Å². The van der Waals surface area contributed by atoms with Gasteiger partial charge in [0.2, 0.25) is 0 Å². The molecule has 0 fully saturated rings. The molecule has 2 aromatic carbocycles. The number of hydrogen-bond donors (Lipinski definition) is 2. The highest BCUT2D eigenvalue weighted by Gasteiger charge is 2.21. The average Bonchev–Trinajstić information content (AvgIpc) is 2.54. The minimum absolute atomic E-state index is 0.111. The summed E-state index contributed by atoms with van der Waals surface area (Å²) in [5.41, 5.74) is 1.98. The van der Waals surface area contributed by atoms with Crippen molar-refractivity contribution in [3.05, 3.63) is 64.1 Å². The number of aliphatic carboxylic acids is 1. The minimum Gasteiger partial charge on any atom is -0.497 e. The minimum atomic E-state index is -0.856. The molecule has 0 spiro atoms. The van der Waals surface area contributed by atoms with Gasteiger partial charge in [-0.05, 0) is 36.6 Å². The Hall–Kier alpha value is -1.85. The largest absolute Gasteiger partial charge is 0.497 e. The van der Waals surface area contributed by atoms with Gasteiger partial charge in [-0.15, -0.1) is 0 Å². The van der Waals surface area contributed by atoms with E-state index in [-0.39, 0.29) is 6.04 Å². The molecule has 5 heteroatoms. The molecule has 122 valence electrons. The number of carboxylic acid groups (broad SMARTS) is 1. The van der Waals surface area contributed by atoms with Gasteiger partial charge in [0, 0.05) is 10.5 Å². The fourth-order valence-electron chi connectivity index (χ4n) is 2.44. The molecule has 0 heterocycles. The number of methoxy groups -OCH3 is 1. The summed E-state index contributed by atoms with van der Waals surface area (Å²) in [4.78, 5) is 11.6. The molecule has 4 nitrogen and oxygen atoms in total. The molecule has 0 aliphatic carbocycles. The van der Waals surface area contributed by atoms with Gasteiger partial charge in [-0.25, -0.2) is 0 Å². The van der Waals surface area contributed by atoms with E-state index in [0.29, 0.717) is 6.42 Å². The fraction of sp³-hybridized carbons (Fsp3) is 0.278. The van der Waals surface area contributed by atoms with E-state index in [2.05, 4.69) is 21.2 Å². The molecule has 2 aromatic rings. The lowest BCUT2D eigenvalue weighted by Gasteiger charge is -2.22. The van der Waals surface area contributed by atoms with E-state index in [0.717, 1.165) is 21.3 Å². The Labute approximate surface area is 144 Å². The van der Waals surface area contributed by atoms with E-state index in [1.54, 1.807) is 7.11 Å². The highest BCUT2D eigenvalue weighted by atomic mass is 79.9. The van der Waals surface area contributed by atoms with Crippen molar-refractivity contribution in [2.45, 2.75) is 25.4 Å². The zero-order valence-electron chi connectivity index (χ0n) is 13.1. The SMILES string of the molecule is COc1ccc(C(C)N[C@H](Cc2ccccc2)C(=O)O)c(Br)c1. The number of carboxylic acids is 1. The van der Waals surface area contributed by atoms with Crippen LogP contribution in [0.1, 0.15) is 24.1 Å². The van der Waals surface area contributed by atoms with Gasteiger partial charge in [-0.1, -0.05) is 52.3 Å². The van der Waals surface area contributed by atoms with Crippen molar-refractivity contribution in [1.82, 2.24) is 5.32 Å². The van der Waals surface area contributed by atoms with Gasteiger partial charge in [-0.3, -0.25) is 10.1 Å². The second-order valence-corrected chi connectivity index (χ2v) is 6.21. The summed E-state index contributed by atoms with van der Waals surface area (Å²) in [6.45, 7) is 1.95. The fourth-order valence-corrected chi connectivity index (χ4v) is 3.15. The topological polar surface area (TPSA) is 58.6 Å². The van der Waals surface area contributed by atoms with Crippen molar-refractivity contribution in [3.8, 4) is 5.75 Å². The van der Waals surface area contributed by atoms with E-state index in [4.69, 9.17) is 4.74 Å². The van der Waals surface area contributed by atoms with Gasteiger partial charge in [0.1, 0.15) is 11.8 Å². The van der Waals surface area contributed by atoms with Crippen LogP contribution in [-0.4, -0.2) is 24.2 Å². The van der Waals surface area contributed by atoms with Crippen LogP contribution in [0.3, 0.4) is 0 Å². The van der Waals surface area contributed by atoms with Crippen LogP contribution in [0.4, 0.5) is 0 Å². The first-order chi connectivity index (χ1) is 11.0. The van der Waals surface area contributed by atoms with E-state index in [9.17, 15) is 9.90 Å². The molecule has 0 saturated carbocycles. The predicted octanol–water partition coefficient (Wildman–Crippen LogP) is 3.80. The second-order valence-electron chi connectivity index (χ2n) is 5.36. The van der Waals surface area contributed by atoms with E-state index in [1.807, 2.05) is 55.5 Å². The van der Waals surface area contributed by atoms with Crippen molar-refractivity contribution < 1.29 is 14.6 Å². The monoisotopic (exact) mass is 377 g/mol. The lowest BCUT2D eigenvalue weighted by atomic mass is 10.0. The van der Waals surface area contributed by atoms with Crippen LogP contribution in [0.2, 0.25) is 0 Å². The van der Waals surface area contributed by atoms with Crippen LogP contribution in [0, 0.1) is 0 Å². The summed E-state index contributed by atoms with van der Waals surface area (Å²) in [6.07, 6.45) is 0.439. The molecular weight excluding hydrogens is 358 g/mol. The maximum Gasteiger partial charge on any atom is 0.321 e. The molecule has 0 aromatic heterocycles. The Morgan fingerprint density at radius 2 is 1.96 bits per heavy atom. The Morgan fingerprint density at radius 3 is 2.52 bits per heavy atom. The molecule has 0 amide bonds. The molecular formula is C18H20BrNO3. The Balaban J connectivity index is 2.12. The molecule has 23 heavy (non-hydrogen) atoms. The van der Waals surface area contributed by atoms with Gasteiger partial charge in [-0.2, -0.15) is 0 Å². The Bertz CT molecular complexity index is 661. The molecule has 2 N–H and O–H groups in total. The molecule has 0 saturated heterocycles. The highest BCUT2D eigenvalue weighted by molar-refractivity contribution is 9.10. The zero-order chi connectivity index (χ0) is 16.8. The van der Waals surface area contributed by atoms with Crippen LogP contribution >= 0.6 is 15.9 Å². The number of rotatable bonds is 7. The third-order valence-corrected chi connectivity index (χ3v) is 4.39. The van der Waals surface area contributed by atoms with Crippen molar-refractivity contribution in [3.63, 3.8) is 0 Å². The van der Waals surface area contributed by atoms with Crippen LogP contribution in [-0.2, 0) is 11.2 Å². The third-order valence-electron chi connectivity index (χ3n) is 3.71. The normalized spacial score (nSPS) is 13.3. The Kier molecular flexibility index (Phi) is 6.19. The number of halogens is 1. The number of ether oxygens (including phenoxy) is 1. The lowest BCUT2D eigenvalue weighted by molar-refractivity contribution is -0.139. The van der Waals surface area contributed by atoms with E-state index in [1.165, 1.54) is 0 Å². The summed E-state index contributed by atoms with van der Waals surface area (Å²) in [5.74, 6) is -0.0998. The predicted molar refractivity (Wildman–Crippen MR) is 93.8 cm³/mol. The van der Waals surface area contributed by atoms with Gasteiger partial charge < -0.3 is 9.84 Å². The first-order valence-electron chi connectivity index (χ1n) is 7.37. The molecule has 2 rings (SSSR count). The number of carbonyl (C=O) groups is 1. The van der Waals surface area contributed by atoms with Crippen LogP contribution in [0.15, 0.2) is 53.0 Å². The summed E-state index contributed by atoms with van der Waals surface area (Å²) >= 11 is 3.51. The number of benzene rings is 2. The standard InChI is InChI=1S/C18H20BrNO3/c1-12(15-9-8-14(23-2)11-16(15)19)20-17(18(21)22)10-13-6-4-3-5-7-13/h3-9,11-12,17,20H,10H2,1-2H3,(H,21,22)/t12?,17-/m1/s1. The Morgan fingerprint density at radius 1 is 1.26 bits per heavy atom. The molecule has 0 aliphatic rings. The number of nitrogens with one attached hydrogen (secondary N) is 1. The van der Waals surface area contributed by atoms with Crippen LogP contribution in [0.25, 0.3) is 0 Å². The summed E-state index contributed by atoms with van der Waals surface area (Å²) in [7, 11) is 1.61. The van der Waals surface area contributed by atoms with E-state index >= 15 is 0 Å². The maximum absolute atomic E-state index is 11.6. The van der Waals surface area contributed by atoms with Crippen molar-refractivity contribution in [2.75, 3.05) is 7.11 Å². The molecule has 0 aliphatic heterocycles. The van der Waals surface area contributed by atoms with Gasteiger partial charge in [0.05, 0.1) is 7.11 Å². The van der Waals surface area contributed by atoms with Gasteiger partial charge in [0.25, 0.3) is 0 Å². The number of hydrogen-bond acceptors (Lipinski definition) is 3. The van der Waals surface area contributed by atoms with Crippen molar-refractivity contribution in [2.24, 2.45) is 0 Å². The molecule has 0 radical (unpaired) electrons. The van der Waals surface area contributed by atoms with Crippen molar-refractivity contribution in [1.29, 1.82) is 0 Å². The zero-order valence-corrected chi connectivity index (χ0v) is 14.7. The average molecular weight is 378 g/mol. The molecule has 0 bridgehead atoms.